The van der Waals surface area contributed by atoms with Gasteiger partial charge in [0.1, 0.15) is 5.56 Å². The molecule has 1 aliphatic rings. The highest BCUT2D eigenvalue weighted by molar-refractivity contribution is 6.01. The van der Waals surface area contributed by atoms with Crippen molar-refractivity contribution in [1.29, 1.82) is 0 Å². The van der Waals surface area contributed by atoms with Gasteiger partial charge in [0, 0.05) is 25.5 Å². The summed E-state index contributed by atoms with van der Waals surface area (Å²) in [6.45, 7) is 8.08. The zero-order chi connectivity index (χ0) is 15.7. The molecule has 0 spiro atoms. The van der Waals surface area contributed by atoms with Crippen molar-refractivity contribution < 1.29 is 14.3 Å². The van der Waals surface area contributed by atoms with Gasteiger partial charge < -0.3 is 14.4 Å². The molecule has 2 aromatic rings. The Morgan fingerprint density at radius 2 is 2.32 bits per heavy atom. The van der Waals surface area contributed by atoms with E-state index in [2.05, 4.69) is 15.0 Å². The molecule has 3 rings (SSSR count). The zero-order valence-electron chi connectivity index (χ0n) is 13.1. The average Bonchev–Trinajstić information content (AvgIpc) is 2.86. The molecule has 7 nitrogen and oxygen atoms in total. The quantitative estimate of drug-likeness (QED) is 0.801. The number of esters is 1. The molecule has 1 saturated heterocycles. The monoisotopic (exact) mass is 304 g/mol. The number of rotatable bonds is 3. The Morgan fingerprint density at radius 3 is 3.05 bits per heavy atom. The minimum Gasteiger partial charge on any atom is -0.462 e. The third-order valence-electron chi connectivity index (χ3n) is 3.58. The van der Waals surface area contributed by atoms with Crippen molar-refractivity contribution in [2.24, 2.45) is 0 Å². The van der Waals surface area contributed by atoms with Gasteiger partial charge in [0.2, 0.25) is 0 Å². The van der Waals surface area contributed by atoms with Crippen molar-refractivity contribution in [3.05, 3.63) is 24.0 Å². The van der Waals surface area contributed by atoms with Gasteiger partial charge in [0.15, 0.2) is 11.5 Å². The summed E-state index contributed by atoms with van der Waals surface area (Å²) in [7, 11) is 0. The molecule has 0 bridgehead atoms. The molecule has 0 atom stereocenters. The van der Waals surface area contributed by atoms with Crippen molar-refractivity contribution >= 4 is 17.4 Å². The van der Waals surface area contributed by atoms with Crippen LogP contribution in [0.4, 0.5) is 5.82 Å². The van der Waals surface area contributed by atoms with Crippen LogP contribution in [0.25, 0.3) is 5.65 Å². The molecule has 0 unspecified atom stereocenters. The second-order valence-electron chi connectivity index (χ2n) is 5.84. The highest BCUT2D eigenvalue weighted by atomic mass is 16.5. The normalized spacial score (nSPS) is 17.7. The van der Waals surface area contributed by atoms with Crippen molar-refractivity contribution in [2.45, 2.75) is 26.4 Å². The van der Waals surface area contributed by atoms with E-state index in [0.29, 0.717) is 43.3 Å². The molecule has 22 heavy (non-hydrogen) atoms. The van der Waals surface area contributed by atoms with Gasteiger partial charge in [0.05, 0.1) is 18.8 Å². The summed E-state index contributed by atoms with van der Waals surface area (Å²) >= 11 is 0. The van der Waals surface area contributed by atoms with E-state index in [1.54, 1.807) is 29.9 Å². The second-order valence-corrected chi connectivity index (χ2v) is 5.84. The molecule has 2 aromatic heterocycles. The molecule has 0 saturated carbocycles. The van der Waals surface area contributed by atoms with Crippen LogP contribution in [-0.2, 0) is 9.47 Å². The summed E-state index contributed by atoms with van der Waals surface area (Å²) < 4.78 is 12.5. The van der Waals surface area contributed by atoms with E-state index in [1.807, 2.05) is 13.8 Å². The summed E-state index contributed by atoms with van der Waals surface area (Å²) in [5.41, 5.74) is 0.647. The van der Waals surface area contributed by atoms with Gasteiger partial charge in [-0.3, -0.25) is 0 Å². The number of ether oxygens (including phenoxy) is 2. The number of hydrogen-bond acceptors (Lipinski definition) is 6. The Kier molecular flexibility index (Phi) is 3.74. The van der Waals surface area contributed by atoms with Crippen LogP contribution in [-0.4, -0.2) is 52.5 Å². The van der Waals surface area contributed by atoms with Crippen molar-refractivity contribution in [1.82, 2.24) is 14.6 Å². The van der Waals surface area contributed by atoms with Crippen molar-refractivity contribution in [2.75, 3.05) is 31.2 Å². The Hall–Kier alpha value is -2.15. The number of morpholine rings is 1. The van der Waals surface area contributed by atoms with E-state index >= 15 is 0 Å². The van der Waals surface area contributed by atoms with Crippen LogP contribution in [0, 0.1) is 0 Å². The molecule has 0 radical (unpaired) electrons. The maximum atomic E-state index is 12.4. The van der Waals surface area contributed by atoms with E-state index < -0.39 is 5.97 Å². The number of anilines is 1. The summed E-state index contributed by atoms with van der Waals surface area (Å²) in [4.78, 5) is 18.7. The molecule has 0 amide bonds. The maximum Gasteiger partial charge on any atom is 0.345 e. The minimum atomic E-state index is -0.393. The highest BCUT2D eigenvalue weighted by Gasteiger charge is 2.33. The van der Waals surface area contributed by atoms with E-state index in [0.717, 1.165) is 0 Å². The summed E-state index contributed by atoms with van der Waals surface area (Å²) in [6.07, 6.45) is 3.42. The second kappa shape index (κ2) is 5.57. The first-order valence-electron chi connectivity index (χ1n) is 7.41. The number of fused-ring (bicyclic) bond motifs is 1. The van der Waals surface area contributed by atoms with Crippen LogP contribution < -0.4 is 4.90 Å². The number of carbonyl (C=O) groups excluding carboxylic acids is 1. The van der Waals surface area contributed by atoms with Gasteiger partial charge in [-0.1, -0.05) is 0 Å². The van der Waals surface area contributed by atoms with Crippen LogP contribution >= 0.6 is 0 Å². The standard InChI is InChI=1S/C15H20N4O3/c1-4-21-14(20)11-12-16-6-5-7-19(12)17-13(11)18-8-9-22-15(2,3)10-18/h5-7H,4,8-10H2,1-3H3. The number of nitrogens with zero attached hydrogens (tertiary/aromatic N) is 4. The fourth-order valence-electron chi connectivity index (χ4n) is 2.68. The SMILES string of the molecule is CCOC(=O)c1c(N2CCOC(C)(C)C2)nn2cccnc12. The first-order valence-corrected chi connectivity index (χ1v) is 7.41. The average molecular weight is 304 g/mol. The Bertz CT molecular complexity index is 695. The van der Waals surface area contributed by atoms with E-state index in [4.69, 9.17) is 9.47 Å². The smallest absolute Gasteiger partial charge is 0.345 e. The van der Waals surface area contributed by atoms with E-state index in [9.17, 15) is 4.79 Å². The van der Waals surface area contributed by atoms with Crippen LogP contribution in [0.5, 0.6) is 0 Å². The fourth-order valence-corrected chi connectivity index (χ4v) is 2.68. The maximum absolute atomic E-state index is 12.4. The topological polar surface area (TPSA) is 69.0 Å². The molecular formula is C15H20N4O3. The third kappa shape index (κ3) is 2.64. The lowest BCUT2D eigenvalue weighted by Crippen LogP contribution is -2.49. The van der Waals surface area contributed by atoms with Crippen LogP contribution in [0.2, 0.25) is 0 Å². The fraction of sp³-hybridized carbons (Fsp3) is 0.533. The summed E-state index contributed by atoms with van der Waals surface area (Å²) in [6, 6.07) is 1.78. The molecule has 7 heteroatoms. The van der Waals surface area contributed by atoms with Gasteiger partial charge in [0.25, 0.3) is 0 Å². The number of hydrogen-bond donors (Lipinski definition) is 0. The van der Waals surface area contributed by atoms with Gasteiger partial charge in [-0.05, 0) is 26.8 Å². The van der Waals surface area contributed by atoms with E-state index in [1.165, 1.54) is 0 Å². The zero-order valence-corrected chi connectivity index (χ0v) is 13.1. The first-order chi connectivity index (χ1) is 10.5. The van der Waals surface area contributed by atoms with Crippen LogP contribution in [0.3, 0.4) is 0 Å². The molecule has 1 aliphatic heterocycles. The van der Waals surface area contributed by atoms with Crippen LogP contribution in [0.15, 0.2) is 18.5 Å². The van der Waals surface area contributed by atoms with Gasteiger partial charge >= 0.3 is 5.97 Å². The highest BCUT2D eigenvalue weighted by Crippen LogP contribution is 2.28. The number of aromatic nitrogens is 3. The third-order valence-corrected chi connectivity index (χ3v) is 3.58. The van der Waals surface area contributed by atoms with Crippen LogP contribution in [0.1, 0.15) is 31.1 Å². The van der Waals surface area contributed by atoms with Gasteiger partial charge in [-0.2, -0.15) is 0 Å². The Balaban J connectivity index is 2.08. The lowest BCUT2D eigenvalue weighted by atomic mass is 10.1. The predicted octanol–water partition coefficient (Wildman–Crippen LogP) is 1.52. The summed E-state index contributed by atoms with van der Waals surface area (Å²) in [5.74, 6) is 0.212. The molecule has 1 fully saturated rings. The van der Waals surface area contributed by atoms with E-state index in [-0.39, 0.29) is 5.60 Å². The number of carbonyl (C=O) groups is 1. The lowest BCUT2D eigenvalue weighted by Gasteiger charge is -2.38. The molecule has 0 aromatic carbocycles. The lowest BCUT2D eigenvalue weighted by molar-refractivity contribution is -0.0280. The van der Waals surface area contributed by atoms with Crippen molar-refractivity contribution in [3.63, 3.8) is 0 Å². The summed E-state index contributed by atoms with van der Waals surface area (Å²) in [5, 5.41) is 4.53. The first kappa shape index (κ1) is 14.8. The Labute approximate surface area is 128 Å². The Morgan fingerprint density at radius 1 is 1.50 bits per heavy atom. The molecule has 118 valence electrons. The van der Waals surface area contributed by atoms with Crippen molar-refractivity contribution in [3.8, 4) is 0 Å². The molecule has 0 aliphatic carbocycles. The van der Waals surface area contributed by atoms with Gasteiger partial charge in [-0.15, -0.1) is 5.10 Å². The molecular weight excluding hydrogens is 284 g/mol. The van der Waals surface area contributed by atoms with Gasteiger partial charge in [-0.25, -0.2) is 14.3 Å². The predicted molar refractivity (Wildman–Crippen MR) is 81.2 cm³/mol. The largest absolute Gasteiger partial charge is 0.462 e. The molecule has 3 heterocycles. The molecule has 0 N–H and O–H groups in total. The minimum absolute atomic E-state index is 0.284.